The van der Waals surface area contributed by atoms with Crippen LogP contribution in [-0.2, 0) is 6.54 Å². The van der Waals surface area contributed by atoms with Crippen molar-refractivity contribution in [3.63, 3.8) is 0 Å². The lowest BCUT2D eigenvalue weighted by Gasteiger charge is -2.20. The minimum atomic E-state index is 0.565. The van der Waals surface area contributed by atoms with Crippen LogP contribution in [0.15, 0.2) is 36.8 Å². The fourth-order valence-electron chi connectivity index (χ4n) is 1.82. The molecular formula is C13H16N4O. The first-order chi connectivity index (χ1) is 8.72. The van der Waals surface area contributed by atoms with Gasteiger partial charge in [-0.15, -0.1) is 0 Å². The van der Waals surface area contributed by atoms with E-state index in [2.05, 4.69) is 9.97 Å². The van der Waals surface area contributed by atoms with Crippen molar-refractivity contribution >= 4 is 11.5 Å². The van der Waals surface area contributed by atoms with E-state index in [1.165, 1.54) is 6.33 Å². The molecule has 0 fully saturated rings. The smallest absolute Gasteiger partial charge is 0.155 e. The highest BCUT2D eigenvalue weighted by molar-refractivity contribution is 5.60. The number of nitrogens with zero attached hydrogens (tertiary/aromatic N) is 3. The van der Waals surface area contributed by atoms with E-state index in [4.69, 9.17) is 10.5 Å². The molecule has 1 heterocycles. The maximum absolute atomic E-state index is 5.85. The van der Waals surface area contributed by atoms with E-state index in [0.29, 0.717) is 12.2 Å². The number of hydrogen-bond acceptors (Lipinski definition) is 5. The molecule has 5 heteroatoms. The number of methoxy groups -OCH3 is 1. The number of ether oxygens (including phenoxy) is 1. The SMILES string of the molecule is COc1ccccc1CN(C)c1ncncc1N. The van der Waals surface area contributed by atoms with E-state index in [-0.39, 0.29) is 0 Å². The highest BCUT2D eigenvalue weighted by Crippen LogP contribution is 2.23. The van der Waals surface area contributed by atoms with Crippen LogP contribution in [0.25, 0.3) is 0 Å². The fraction of sp³-hybridized carbons (Fsp3) is 0.231. The van der Waals surface area contributed by atoms with Gasteiger partial charge < -0.3 is 15.4 Å². The Bertz CT molecular complexity index is 530. The number of nitrogens with two attached hydrogens (primary N) is 1. The molecule has 0 saturated carbocycles. The van der Waals surface area contributed by atoms with Gasteiger partial charge in [-0.25, -0.2) is 9.97 Å². The van der Waals surface area contributed by atoms with E-state index >= 15 is 0 Å². The first kappa shape index (κ1) is 12.2. The molecule has 0 radical (unpaired) electrons. The van der Waals surface area contributed by atoms with Gasteiger partial charge in [-0.05, 0) is 6.07 Å². The van der Waals surface area contributed by atoms with Crippen molar-refractivity contribution in [3.05, 3.63) is 42.4 Å². The van der Waals surface area contributed by atoms with Gasteiger partial charge in [0.1, 0.15) is 12.1 Å². The van der Waals surface area contributed by atoms with Crippen LogP contribution in [0.2, 0.25) is 0 Å². The lowest BCUT2D eigenvalue weighted by Crippen LogP contribution is -2.19. The molecule has 0 atom stereocenters. The predicted molar refractivity (Wildman–Crippen MR) is 71.5 cm³/mol. The summed E-state index contributed by atoms with van der Waals surface area (Å²) in [6.07, 6.45) is 3.09. The predicted octanol–water partition coefficient (Wildman–Crippen LogP) is 1.70. The van der Waals surface area contributed by atoms with Gasteiger partial charge in [-0.2, -0.15) is 0 Å². The van der Waals surface area contributed by atoms with Crippen molar-refractivity contribution in [2.45, 2.75) is 6.54 Å². The standard InChI is InChI=1S/C13H16N4O/c1-17(13-11(14)7-15-9-16-13)8-10-5-3-4-6-12(10)18-2/h3-7,9H,8,14H2,1-2H3. The minimum absolute atomic E-state index is 0.565. The maximum atomic E-state index is 5.85. The Kier molecular flexibility index (Phi) is 3.62. The second kappa shape index (κ2) is 5.35. The second-order valence-corrected chi connectivity index (χ2v) is 3.97. The van der Waals surface area contributed by atoms with E-state index in [0.717, 1.165) is 17.1 Å². The Morgan fingerprint density at radius 3 is 2.83 bits per heavy atom. The largest absolute Gasteiger partial charge is 0.496 e. The molecule has 0 aliphatic carbocycles. The Balaban J connectivity index is 2.21. The van der Waals surface area contributed by atoms with Gasteiger partial charge in [0, 0.05) is 19.2 Å². The Labute approximate surface area is 106 Å². The molecule has 2 N–H and O–H groups in total. The van der Waals surface area contributed by atoms with Gasteiger partial charge in [0.2, 0.25) is 0 Å². The monoisotopic (exact) mass is 244 g/mol. The number of para-hydroxylation sites is 1. The van der Waals surface area contributed by atoms with Crippen molar-refractivity contribution in [1.29, 1.82) is 0 Å². The molecule has 5 nitrogen and oxygen atoms in total. The molecule has 0 amide bonds. The van der Waals surface area contributed by atoms with Gasteiger partial charge in [-0.1, -0.05) is 18.2 Å². The third-order valence-electron chi connectivity index (χ3n) is 2.68. The summed E-state index contributed by atoms with van der Waals surface area (Å²) in [5.74, 6) is 1.58. The van der Waals surface area contributed by atoms with Gasteiger partial charge in [0.05, 0.1) is 19.0 Å². The Morgan fingerprint density at radius 2 is 2.11 bits per heavy atom. The third-order valence-corrected chi connectivity index (χ3v) is 2.68. The van der Waals surface area contributed by atoms with Gasteiger partial charge >= 0.3 is 0 Å². The fourth-order valence-corrected chi connectivity index (χ4v) is 1.82. The number of nitrogen functional groups attached to an aromatic ring is 1. The van der Waals surface area contributed by atoms with Crippen LogP contribution in [0.5, 0.6) is 5.75 Å². The zero-order valence-corrected chi connectivity index (χ0v) is 10.5. The molecule has 0 saturated heterocycles. The summed E-state index contributed by atoms with van der Waals surface area (Å²) in [4.78, 5) is 10.0. The number of rotatable bonds is 4. The van der Waals surface area contributed by atoms with Gasteiger partial charge in [0.25, 0.3) is 0 Å². The normalized spacial score (nSPS) is 10.1. The van der Waals surface area contributed by atoms with Crippen LogP contribution >= 0.6 is 0 Å². The zero-order chi connectivity index (χ0) is 13.0. The van der Waals surface area contributed by atoms with Gasteiger partial charge in [-0.3, -0.25) is 0 Å². The molecule has 94 valence electrons. The molecule has 2 aromatic rings. The average molecular weight is 244 g/mol. The van der Waals surface area contributed by atoms with E-state index in [9.17, 15) is 0 Å². The second-order valence-electron chi connectivity index (χ2n) is 3.97. The molecule has 0 aliphatic rings. The van der Waals surface area contributed by atoms with Crippen LogP contribution in [-0.4, -0.2) is 24.1 Å². The summed E-state index contributed by atoms with van der Waals surface area (Å²) < 4.78 is 5.32. The van der Waals surface area contributed by atoms with Crippen molar-refractivity contribution in [2.24, 2.45) is 0 Å². The maximum Gasteiger partial charge on any atom is 0.155 e. The summed E-state index contributed by atoms with van der Waals surface area (Å²) in [6, 6.07) is 7.88. The molecule has 1 aromatic heterocycles. The van der Waals surface area contributed by atoms with Crippen LogP contribution in [0.4, 0.5) is 11.5 Å². The summed E-state index contributed by atoms with van der Waals surface area (Å²) in [5, 5.41) is 0. The highest BCUT2D eigenvalue weighted by atomic mass is 16.5. The quantitative estimate of drug-likeness (QED) is 0.886. The highest BCUT2D eigenvalue weighted by Gasteiger charge is 2.09. The first-order valence-corrected chi connectivity index (χ1v) is 5.61. The van der Waals surface area contributed by atoms with Crippen molar-refractivity contribution in [1.82, 2.24) is 9.97 Å². The molecule has 18 heavy (non-hydrogen) atoms. The minimum Gasteiger partial charge on any atom is -0.496 e. The van der Waals surface area contributed by atoms with Crippen LogP contribution in [0.3, 0.4) is 0 Å². The summed E-state index contributed by atoms with van der Waals surface area (Å²) in [5.41, 5.74) is 7.50. The van der Waals surface area contributed by atoms with Crippen LogP contribution in [0, 0.1) is 0 Å². The topological polar surface area (TPSA) is 64.3 Å². The molecule has 2 rings (SSSR count). The molecule has 1 aromatic carbocycles. The van der Waals surface area contributed by atoms with Crippen LogP contribution < -0.4 is 15.4 Å². The van der Waals surface area contributed by atoms with Crippen molar-refractivity contribution < 1.29 is 4.74 Å². The lowest BCUT2D eigenvalue weighted by atomic mass is 10.2. The number of anilines is 2. The molecular weight excluding hydrogens is 228 g/mol. The van der Waals surface area contributed by atoms with E-state index < -0.39 is 0 Å². The van der Waals surface area contributed by atoms with Crippen LogP contribution in [0.1, 0.15) is 5.56 Å². The third kappa shape index (κ3) is 2.51. The number of benzene rings is 1. The number of aromatic nitrogens is 2. The van der Waals surface area contributed by atoms with Crippen molar-refractivity contribution in [2.75, 3.05) is 24.8 Å². The lowest BCUT2D eigenvalue weighted by molar-refractivity contribution is 0.409. The average Bonchev–Trinajstić information content (AvgIpc) is 2.39. The van der Waals surface area contributed by atoms with Crippen molar-refractivity contribution in [3.8, 4) is 5.75 Å². The summed E-state index contributed by atoms with van der Waals surface area (Å²) in [6.45, 7) is 0.672. The summed E-state index contributed by atoms with van der Waals surface area (Å²) in [7, 11) is 3.60. The number of hydrogen-bond donors (Lipinski definition) is 1. The zero-order valence-electron chi connectivity index (χ0n) is 10.5. The molecule has 0 bridgehead atoms. The molecule has 0 spiro atoms. The summed E-state index contributed by atoms with van der Waals surface area (Å²) >= 11 is 0. The Morgan fingerprint density at radius 1 is 1.33 bits per heavy atom. The molecule has 0 unspecified atom stereocenters. The molecule has 0 aliphatic heterocycles. The Hall–Kier alpha value is -2.30. The van der Waals surface area contributed by atoms with E-state index in [1.807, 2.05) is 36.2 Å². The first-order valence-electron chi connectivity index (χ1n) is 5.61. The van der Waals surface area contributed by atoms with Gasteiger partial charge in [0.15, 0.2) is 5.82 Å². The van der Waals surface area contributed by atoms with E-state index in [1.54, 1.807) is 13.3 Å².